The van der Waals surface area contributed by atoms with Crippen molar-refractivity contribution < 1.29 is 9.18 Å². The molecule has 0 heterocycles. The van der Waals surface area contributed by atoms with Gasteiger partial charge in [-0.2, -0.15) is 0 Å². The quantitative estimate of drug-likeness (QED) is 0.765. The van der Waals surface area contributed by atoms with E-state index in [4.69, 9.17) is 0 Å². The zero-order valence-electron chi connectivity index (χ0n) is 8.41. The summed E-state index contributed by atoms with van der Waals surface area (Å²) in [6, 6.07) is 6.76. The van der Waals surface area contributed by atoms with Gasteiger partial charge in [-0.15, -0.1) is 11.8 Å². The highest BCUT2D eigenvalue weighted by Gasteiger charge is 2.21. The van der Waals surface area contributed by atoms with Crippen LogP contribution in [-0.2, 0) is 4.79 Å². The van der Waals surface area contributed by atoms with Gasteiger partial charge >= 0.3 is 0 Å². The average molecular weight is 224 g/mol. The average Bonchev–Trinajstić information content (AvgIpc) is 2.22. The number of hydrogen-bond donors (Lipinski definition) is 0. The second kappa shape index (κ2) is 4.79. The fourth-order valence-electron chi connectivity index (χ4n) is 1.81. The van der Waals surface area contributed by atoms with Gasteiger partial charge in [0, 0.05) is 23.0 Å². The molecule has 0 N–H and O–H groups in total. The Balaban J connectivity index is 2.02. The first kappa shape index (κ1) is 10.7. The van der Waals surface area contributed by atoms with E-state index in [0.29, 0.717) is 23.5 Å². The number of thioether (sulfide) groups is 1. The molecule has 1 saturated carbocycles. The number of rotatable bonds is 2. The van der Waals surface area contributed by atoms with Crippen LogP contribution in [0, 0.1) is 5.82 Å². The van der Waals surface area contributed by atoms with Crippen LogP contribution in [0.15, 0.2) is 29.2 Å². The van der Waals surface area contributed by atoms with Crippen molar-refractivity contribution in [3.05, 3.63) is 30.1 Å². The normalized spacial score (nSPS) is 21.7. The van der Waals surface area contributed by atoms with E-state index in [0.717, 1.165) is 12.8 Å². The van der Waals surface area contributed by atoms with E-state index in [1.54, 1.807) is 12.1 Å². The highest BCUT2D eigenvalue weighted by molar-refractivity contribution is 8.00. The maximum atomic E-state index is 13.3. The molecule has 1 unspecified atom stereocenters. The predicted octanol–water partition coefficient (Wildman–Crippen LogP) is 3.43. The van der Waals surface area contributed by atoms with E-state index < -0.39 is 0 Å². The van der Waals surface area contributed by atoms with E-state index in [1.165, 1.54) is 17.8 Å². The van der Waals surface area contributed by atoms with E-state index in [2.05, 4.69) is 0 Å². The first-order valence-corrected chi connectivity index (χ1v) is 6.06. The number of hydrogen-bond acceptors (Lipinski definition) is 2. The smallest absolute Gasteiger partial charge is 0.136 e. The number of carbonyl (C=O) groups is 1. The fourth-order valence-corrected chi connectivity index (χ4v) is 3.06. The molecule has 0 radical (unpaired) electrons. The molecule has 0 bridgehead atoms. The predicted molar refractivity (Wildman–Crippen MR) is 59.5 cm³/mol. The Morgan fingerprint density at radius 1 is 1.33 bits per heavy atom. The summed E-state index contributed by atoms with van der Waals surface area (Å²) in [5.74, 6) is 0.135. The van der Waals surface area contributed by atoms with Crippen LogP contribution in [0.1, 0.15) is 25.7 Å². The Hall–Kier alpha value is -0.830. The summed E-state index contributed by atoms with van der Waals surface area (Å²) in [5.41, 5.74) is 0. The van der Waals surface area contributed by atoms with Crippen molar-refractivity contribution in [3.63, 3.8) is 0 Å². The summed E-state index contributed by atoms with van der Waals surface area (Å²) in [6.45, 7) is 0. The van der Waals surface area contributed by atoms with Crippen LogP contribution in [0.2, 0.25) is 0 Å². The van der Waals surface area contributed by atoms with Gasteiger partial charge in [0.25, 0.3) is 0 Å². The van der Waals surface area contributed by atoms with E-state index >= 15 is 0 Å². The van der Waals surface area contributed by atoms with E-state index in [9.17, 15) is 9.18 Å². The van der Waals surface area contributed by atoms with Crippen LogP contribution in [0.4, 0.5) is 4.39 Å². The van der Waals surface area contributed by atoms with E-state index in [1.807, 2.05) is 6.07 Å². The molecule has 0 amide bonds. The fraction of sp³-hybridized carbons (Fsp3) is 0.417. The van der Waals surface area contributed by atoms with E-state index in [-0.39, 0.29) is 11.1 Å². The second-order valence-corrected chi connectivity index (χ2v) is 5.15. The molecule has 1 aromatic carbocycles. The van der Waals surface area contributed by atoms with Crippen molar-refractivity contribution in [2.75, 3.05) is 0 Å². The van der Waals surface area contributed by atoms with Gasteiger partial charge in [0.2, 0.25) is 0 Å². The lowest BCUT2D eigenvalue weighted by atomic mass is 9.99. The Kier molecular flexibility index (Phi) is 3.41. The number of Topliss-reactive ketones (excluding diaryl/α,β-unsaturated/α-hetero) is 1. The lowest BCUT2D eigenvalue weighted by Gasteiger charge is -2.20. The van der Waals surface area contributed by atoms with Gasteiger partial charge in [-0.25, -0.2) is 4.39 Å². The Morgan fingerprint density at radius 3 is 2.87 bits per heavy atom. The SMILES string of the molecule is O=C1CCCC(Sc2ccccc2F)C1. The molecule has 2 rings (SSSR count). The first-order valence-electron chi connectivity index (χ1n) is 5.18. The first-order chi connectivity index (χ1) is 7.25. The molecular formula is C12H13FOS. The van der Waals surface area contributed by atoms with Gasteiger partial charge in [0.15, 0.2) is 0 Å². The third-order valence-electron chi connectivity index (χ3n) is 2.57. The van der Waals surface area contributed by atoms with Crippen molar-refractivity contribution in [2.24, 2.45) is 0 Å². The minimum Gasteiger partial charge on any atom is -0.300 e. The van der Waals surface area contributed by atoms with Crippen molar-refractivity contribution in [1.82, 2.24) is 0 Å². The number of halogens is 1. The van der Waals surface area contributed by atoms with Gasteiger partial charge in [-0.05, 0) is 25.0 Å². The summed E-state index contributed by atoms with van der Waals surface area (Å²) in [7, 11) is 0. The van der Waals surface area contributed by atoms with Crippen LogP contribution in [0.3, 0.4) is 0 Å². The maximum absolute atomic E-state index is 13.3. The van der Waals surface area contributed by atoms with Crippen LogP contribution < -0.4 is 0 Å². The molecule has 0 spiro atoms. The van der Waals surface area contributed by atoms with Crippen molar-refractivity contribution >= 4 is 17.5 Å². The molecule has 1 atom stereocenters. The summed E-state index contributed by atoms with van der Waals surface area (Å²) in [4.78, 5) is 11.9. The summed E-state index contributed by atoms with van der Waals surface area (Å²) in [5, 5.41) is 0.267. The molecule has 0 aromatic heterocycles. The minimum absolute atomic E-state index is 0.180. The van der Waals surface area contributed by atoms with Gasteiger partial charge in [-0.3, -0.25) is 4.79 Å². The summed E-state index contributed by atoms with van der Waals surface area (Å²) < 4.78 is 13.3. The highest BCUT2D eigenvalue weighted by Crippen LogP contribution is 2.33. The molecule has 1 aromatic rings. The monoisotopic (exact) mass is 224 g/mol. The summed E-state index contributed by atoms with van der Waals surface area (Å²) in [6.07, 6.45) is 3.27. The Labute approximate surface area is 93.1 Å². The van der Waals surface area contributed by atoms with Crippen molar-refractivity contribution in [2.45, 2.75) is 35.8 Å². The largest absolute Gasteiger partial charge is 0.300 e. The molecule has 15 heavy (non-hydrogen) atoms. The van der Waals surface area contributed by atoms with Crippen molar-refractivity contribution in [1.29, 1.82) is 0 Å². The Bertz CT molecular complexity index is 364. The molecule has 1 aliphatic carbocycles. The van der Waals surface area contributed by atoms with Gasteiger partial charge in [0.1, 0.15) is 11.6 Å². The molecule has 1 fully saturated rings. The van der Waals surface area contributed by atoms with Crippen LogP contribution in [0.25, 0.3) is 0 Å². The highest BCUT2D eigenvalue weighted by atomic mass is 32.2. The van der Waals surface area contributed by atoms with Crippen molar-refractivity contribution in [3.8, 4) is 0 Å². The molecule has 3 heteroatoms. The third-order valence-corrected chi connectivity index (χ3v) is 3.89. The Morgan fingerprint density at radius 2 is 2.13 bits per heavy atom. The third kappa shape index (κ3) is 2.81. The van der Waals surface area contributed by atoms with Crippen LogP contribution in [-0.4, -0.2) is 11.0 Å². The molecule has 1 aliphatic rings. The topological polar surface area (TPSA) is 17.1 Å². The van der Waals surface area contributed by atoms with Gasteiger partial charge in [0.05, 0.1) is 0 Å². The lowest BCUT2D eigenvalue weighted by molar-refractivity contribution is -0.120. The molecular weight excluding hydrogens is 211 g/mol. The zero-order valence-corrected chi connectivity index (χ0v) is 9.23. The zero-order chi connectivity index (χ0) is 10.7. The standard InChI is InChI=1S/C12H13FOS/c13-11-6-1-2-7-12(11)15-10-5-3-4-9(14)8-10/h1-2,6-7,10H,3-5,8H2. The number of carbonyl (C=O) groups excluding carboxylic acids is 1. The second-order valence-electron chi connectivity index (χ2n) is 3.81. The molecule has 1 nitrogen and oxygen atoms in total. The van der Waals surface area contributed by atoms with Gasteiger partial charge < -0.3 is 0 Å². The van der Waals surface area contributed by atoms with Crippen LogP contribution >= 0.6 is 11.8 Å². The number of benzene rings is 1. The molecule has 80 valence electrons. The number of ketones is 1. The molecule has 0 aliphatic heterocycles. The lowest BCUT2D eigenvalue weighted by Crippen LogP contribution is -2.16. The molecule has 0 saturated heterocycles. The summed E-state index contributed by atoms with van der Waals surface area (Å²) >= 11 is 1.50. The minimum atomic E-state index is -0.180. The van der Waals surface area contributed by atoms with Gasteiger partial charge in [-0.1, -0.05) is 12.1 Å². The van der Waals surface area contributed by atoms with Crippen LogP contribution in [0.5, 0.6) is 0 Å². The maximum Gasteiger partial charge on any atom is 0.136 e.